The van der Waals surface area contributed by atoms with E-state index in [1.165, 1.54) is 16.8 Å². The minimum absolute atomic E-state index is 0.00723. The van der Waals surface area contributed by atoms with Crippen LogP contribution >= 0.6 is 0 Å². The summed E-state index contributed by atoms with van der Waals surface area (Å²) in [5, 5.41) is 12.8. The Morgan fingerprint density at radius 2 is 1.81 bits per heavy atom. The molecule has 2 unspecified atom stereocenters. The molecular weight excluding hydrogens is 462 g/mol. The Hall–Kier alpha value is -1.69. The van der Waals surface area contributed by atoms with Crippen LogP contribution in [0.25, 0.3) is 0 Å². The molecule has 0 amide bonds. The van der Waals surface area contributed by atoms with Gasteiger partial charge in [-0.3, -0.25) is 4.79 Å². The summed E-state index contributed by atoms with van der Waals surface area (Å²) in [6, 6.07) is 6.93. The standard InChI is InChI=1S/C32H43NO4/c1-28(2)18-36-32(37-19-28)13-12-30-15-20-14-21(33(4)5)6-7-22(20)24-16-29(3)25(8-9-26(29)34)23(27(24)30)10-11-31(30,35)17-32/h6-9,14,23-25,27,35H,10-13,15-19H2,1-5H3/t23-,24?,25+,27?,29-,30-,31+/m0/s1. The highest BCUT2D eigenvalue weighted by atomic mass is 16.7. The fourth-order valence-corrected chi connectivity index (χ4v) is 9.83. The van der Waals surface area contributed by atoms with E-state index < -0.39 is 11.4 Å². The van der Waals surface area contributed by atoms with E-state index in [0.717, 1.165) is 38.5 Å². The number of benzene rings is 1. The van der Waals surface area contributed by atoms with Crippen molar-refractivity contribution in [2.24, 2.45) is 34.0 Å². The normalized spacial score (nSPS) is 44.5. The number of carbonyl (C=O) groups excluding carboxylic acids is 1. The van der Waals surface area contributed by atoms with Gasteiger partial charge < -0.3 is 19.5 Å². The first kappa shape index (κ1) is 24.4. The maximum Gasteiger partial charge on any atom is 0.171 e. The van der Waals surface area contributed by atoms with Crippen LogP contribution in [-0.2, 0) is 20.7 Å². The van der Waals surface area contributed by atoms with E-state index in [1.807, 2.05) is 6.08 Å². The maximum atomic E-state index is 13.2. The summed E-state index contributed by atoms with van der Waals surface area (Å²) in [4.78, 5) is 15.4. The van der Waals surface area contributed by atoms with Crippen LogP contribution in [0.2, 0.25) is 0 Å². The predicted molar refractivity (Wildman–Crippen MR) is 143 cm³/mol. The van der Waals surface area contributed by atoms with Crippen molar-refractivity contribution < 1.29 is 19.4 Å². The Labute approximate surface area is 221 Å². The molecule has 5 nitrogen and oxygen atoms in total. The number of hydrogen-bond acceptors (Lipinski definition) is 5. The summed E-state index contributed by atoms with van der Waals surface area (Å²) in [5.74, 6) is 1.00. The SMILES string of the molecule is CN(C)c1ccc2c(c1)C[C@]13CCC4(C[C@]1(O)CC[C@@H]1C3C2C[C@]2(C)C(=O)C=C[C@H]12)OCC(C)(C)CO4. The highest BCUT2D eigenvalue weighted by molar-refractivity contribution is 5.97. The summed E-state index contributed by atoms with van der Waals surface area (Å²) < 4.78 is 13.0. The third kappa shape index (κ3) is 3.17. The van der Waals surface area contributed by atoms with Gasteiger partial charge in [0.2, 0.25) is 0 Å². The van der Waals surface area contributed by atoms with Crippen molar-refractivity contribution >= 4 is 11.5 Å². The van der Waals surface area contributed by atoms with Crippen molar-refractivity contribution in [3.8, 4) is 0 Å². The summed E-state index contributed by atoms with van der Waals surface area (Å²) in [6.07, 6.45) is 9.91. The Kier molecular flexibility index (Phi) is 4.93. The molecule has 1 saturated heterocycles. The molecule has 6 aliphatic rings. The topological polar surface area (TPSA) is 59.0 Å². The van der Waals surface area contributed by atoms with Gasteiger partial charge in [-0.15, -0.1) is 0 Å². The van der Waals surface area contributed by atoms with Crippen molar-refractivity contribution in [2.45, 2.75) is 83.0 Å². The van der Waals surface area contributed by atoms with Crippen LogP contribution in [0.15, 0.2) is 30.4 Å². The van der Waals surface area contributed by atoms with Crippen LogP contribution in [0.1, 0.15) is 76.3 Å². The van der Waals surface area contributed by atoms with E-state index >= 15 is 0 Å². The van der Waals surface area contributed by atoms with Crippen LogP contribution in [0.5, 0.6) is 0 Å². The van der Waals surface area contributed by atoms with Crippen LogP contribution in [0, 0.1) is 34.0 Å². The molecule has 0 aromatic heterocycles. The monoisotopic (exact) mass is 505 g/mol. The minimum Gasteiger partial charge on any atom is -0.389 e. The van der Waals surface area contributed by atoms with Crippen molar-refractivity contribution in [3.05, 3.63) is 41.5 Å². The molecule has 2 spiro atoms. The number of carbonyl (C=O) groups is 1. The molecule has 7 atom stereocenters. The minimum atomic E-state index is -0.835. The van der Waals surface area contributed by atoms with E-state index in [9.17, 15) is 9.90 Å². The molecule has 37 heavy (non-hydrogen) atoms. The summed E-state index contributed by atoms with van der Waals surface area (Å²) >= 11 is 0. The van der Waals surface area contributed by atoms with Gasteiger partial charge in [-0.25, -0.2) is 0 Å². The molecule has 1 aromatic rings. The Balaban J connectivity index is 1.35. The van der Waals surface area contributed by atoms with Gasteiger partial charge in [0.15, 0.2) is 11.6 Å². The molecule has 1 N–H and O–H groups in total. The average Bonchev–Trinajstić information content (AvgIpc) is 3.15. The van der Waals surface area contributed by atoms with Crippen molar-refractivity contribution in [1.82, 2.24) is 0 Å². The number of nitrogens with zero attached hydrogens (tertiary/aromatic N) is 1. The average molecular weight is 506 g/mol. The number of anilines is 1. The third-order valence-corrected chi connectivity index (χ3v) is 11.7. The first-order valence-electron chi connectivity index (χ1n) is 14.4. The van der Waals surface area contributed by atoms with Gasteiger partial charge in [0.25, 0.3) is 0 Å². The Morgan fingerprint density at radius 1 is 1.05 bits per heavy atom. The number of ether oxygens (including phenoxy) is 2. The third-order valence-electron chi connectivity index (χ3n) is 11.7. The molecular formula is C32H43NO4. The number of aliphatic hydroxyl groups is 1. The Morgan fingerprint density at radius 3 is 2.54 bits per heavy atom. The maximum absolute atomic E-state index is 13.2. The highest BCUT2D eigenvalue weighted by Crippen LogP contribution is 2.73. The van der Waals surface area contributed by atoms with E-state index in [-0.39, 0.29) is 22.2 Å². The van der Waals surface area contributed by atoms with E-state index in [4.69, 9.17) is 9.47 Å². The molecule has 7 rings (SSSR count). The molecule has 5 heteroatoms. The van der Waals surface area contributed by atoms with Crippen LogP contribution in [0.4, 0.5) is 5.69 Å². The lowest BCUT2D eigenvalue weighted by atomic mass is 9.37. The summed E-state index contributed by atoms with van der Waals surface area (Å²) in [5.41, 5.74) is 2.62. The fraction of sp³-hybridized carbons (Fsp3) is 0.719. The van der Waals surface area contributed by atoms with Crippen molar-refractivity contribution in [3.63, 3.8) is 0 Å². The number of allylic oxidation sites excluding steroid dienone is 2. The predicted octanol–water partition coefficient (Wildman–Crippen LogP) is 5.25. The highest BCUT2D eigenvalue weighted by Gasteiger charge is 2.71. The molecule has 0 bridgehead atoms. The molecule has 5 aliphatic carbocycles. The zero-order chi connectivity index (χ0) is 26.0. The number of ketones is 1. The molecule has 1 aliphatic heterocycles. The molecule has 4 fully saturated rings. The van der Waals surface area contributed by atoms with Crippen LogP contribution in [0.3, 0.4) is 0 Å². The van der Waals surface area contributed by atoms with Gasteiger partial charge in [0, 0.05) is 48.9 Å². The fourth-order valence-electron chi connectivity index (χ4n) is 9.83. The lowest BCUT2D eigenvalue weighted by Crippen LogP contribution is -2.70. The molecule has 200 valence electrons. The first-order chi connectivity index (χ1) is 17.4. The number of hydrogen-bond donors (Lipinski definition) is 1. The first-order valence-corrected chi connectivity index (χ1v) is 14.4. The zero-order valence-corrected chi connectivity index (χ0v) is 23.2. The molecule has 3 saturated carbocycles. The summed E-state index contributed by atoms with van der Waals surface area (Å²) in [7, 11) is 4.19. The second-order valence-electron chi connectivity index (χ2n) is 14.7. The van der Waals surface area contributed by atoms with Gasteiger partial charge >= 0.3 is 0 Å². The smallest absolute Gasteiger partial charge is 0.171 e. The number of fused-ring (bicyclic) bond motifs is 4. The zero-order valence-electron chi connectivity index (χ0n) is 23.2. The second kappa shape index (κ2) is 7.49. The van der Waals surface area contributed by atoms with Crippen molar-refractivity contribution in [2.75, 3.05) is 32.2 Å². The van der Waals surface area contributed by atoms with Gasteiger partial charge in [-0.2, -0.15) is 0 Å². The van der Waals surface area contributed by atoms with E-state index in [0.29, 0.717) is 43.2 Å². The number of rotatable bonds is 1. The lowest BCUT2D eigenvalue weighted by molar-refractivity contribution is -0.357. The lowest BCUT2D eigenvalue weighted by Gasteiger charge is -2.69. The molecule has 1 aromatic carbocycles. The van der Waals surface area contributed by atoms with Gasteiger partial charge in [-0.1, -0.05) is 32.9 Å². The van der Waals surface area contributed by atoms with Crippen LogP contribution in [-0.4, -0.2) is 49.6 Å². The second-order valence-corrected chi connectivity index (χ2v) is 14.7. The largest absolute Gasteiger partial charge is 0.389 e. The van der Waals surface area contributed by atoms with Gasteiger partial charge in [0.05, 0.1) is 18.8 Å². The van der Waals surface area contributed by atoms with Crippen LogP contribution < -0.4 is 4.90 Å². The van der Waals surface area contributed by atoms with Crippen molar-refractivity contribution in [1.29, 1.82) is 0 Å². The quantitative estimate of drug-likeness (QED) is 0.565. The molecule has 0 radical (unpaired) electrons. The molecule has 1 heterocycles. The van der Waals surface area contributed by atoms with Gasteiger partial charge in [0.1, 0.15) is 0 Å². The van der Waals surface area contributed by atoms with Gasteiger partial charge in [-0.05, 0) is 85.1 Å². The van der Waals surface area contributed by atoms with E-state index in [1.54, 1.807) is 0 Å². The Bertz CT molecular complexity index is 1180. The summed E-state index contributed by atoms with van der Waals surface area (Å²) in [6.45, 7) is 7.93. The van der Waals surface area contributed by atoms with E-state index in [2.05, 4.69) is 64.0 Å².